The van der Waals surface area contributed by atoms with Crippen LogP contribution in [0, 0.1) is 18.8 Å². The van der Waals surface area contributed by atoms with Crippen molar-refractivity contribution in [2.45, 2.75) is 19.0 Å². The number of hydrogen-bond acceptors (Lipinski definition) is 5. The molecule has 2 amide bonds. The highest BCUT2D eigenvalue weighted by molar-refractivity contribution is 6.24. The van der Waals surface area contributed by atoms with Crippen LogP contribution in [0.4, 0.5) is 5.69 Å². The highest BCUT2D eigenvalue weighted by Gasteiger charge is 2.65. The van der Waals surface area contributed by atoms with Crippen LogP contribution in [0.1, 0.15) is 33.1 Å². The van der Waals surface area contributed by atoms with Gasteiger partial charge in [0.15, 0.2) is 5.78 Å². The van der Waals surface area contributed by atoms with Crippen LogP contribution >= 0.6 is 0 Å². The number of aryl methyl sites for hydroxylation is 1. The van der Waals surface area contributed by atoms with Crippen molar-refractivity contribution in [1.29, 1.82) is 0 Å². The number of ketones is 1. The van der Waals surface area contributed by atoms with Crippen LogP contribution < -0.4 is 4.90 Å². The lowest BCUT2D eigenvalue weighted by Gasteiger charge is -2.33. The van der Waals surface area contributed by atoms with E-state index < -0.39 is 23.9 Å². The minimum atomic E-state index is -0.848. The van der Waals surface area contributed by atoms with Crippen molar-refractivity contribution in [1.82, 2.24) is 5.01 Å². The Morgan fingerprint density at radius 1 is 0.818 bits per heavy atom. The first-order valence-electron chi connectivity index (χ1n) is 11.0. The van der Waals surface area contributed by atoms with Crippen molar-refractivity contribution in [3.05, 3.63) is 101 Å². The van der Waals surface area contributed by atoms with Crippen LogP contribution in [-0.4, -0.2) is 34.9 Å². The molecule has 3 aromatic rings. The van der Waals surface area contributed by atoms with Crippen molar-refractivity contribution in [2.24, 2.45) is 16.9 Å². The molecule has 3 aromatic carbocycles. The van der Waals surface area contributed by atoms with E-state index in [0.717, 1.165) is 16.7 Å². The smallest absolute Gasteiger partial charge is 0.240 e. The second-order valence-corrected chi connectivity index (χ2v) is 8.77. The number of anilines is 1. The molecule has 6 heteroatoms. The van der Waals surface area contributed by atoms with Crippen molar-refractivity contribution in [3.63, 3.8) is 0 Å². The van der Waals surface area contributed by atoms with E-state index in [9.17, 15) is 14.4 Å². The molecule has 0 unspecified atom stereocenters. The van der Waals surface area contributed by atoms with Crippen LogP contribution in [0.3, 0.4) is 0 Å². The Morgan fingerprint density at radius 3 is 2.24 bits per heavy atom. The number of fused-ring (bicyclic) bond motifs is 5. The maximum absolute atomic E-state index is 13.8. The summed E-state index contributed by atoms with van der Waals surface area (Å²) in [6.45, 7) is 1.95. The number of imide groups is 1. The van der Waals surface area contributed by atoms with Crippen LogP contribution in [0.15, 0.2) is 84.0 Å². The van der Waals surface area contributed by atoms with E-state index in [1.54, 1.807) is 47.6 Å². The molecule has 0 bridgehead atoms. The van der Waals surface area contributed by atoms with Gasteiger partial charge in [-0.3, -0.25) is 19.4 Å². The van der Waals surface area contributed by atoms with Gasteiger partial charge in [0.25, 0.3) is 0 Å². The summed E-state index contributed by atoms with van der Waals surface area (Å²) >= 11 is 0. The number of carbonyl (C=O) groups excluding carboxylic acids is 3. The molecule has 2 fully saturated rings. The highest BCUT2D eigenvalue weighted by atomic mass is 16.2. The quantitative estimate of drug-likeness (QED) is 0.464. The van der Waals surface area contributed by atoms with Crippen LogP contribution in [0.25, 0.3) is 0 Å². The maximum atomic E-state index is 13.8. The SMILES string of the molecule is Cc1ccc(N2C(=O)[C@@H]3[C@H](C2=O)[C@H]2c4ccccc4C=NN2[C@H]3C(=O)c2ccccc2)cc1. The van der Waals surface area contributed by atoms with Gasteiger partial charge in [0.05, 0.1) is 29.8 Å². The summed E-state index contributed by atoms with van der Waals surface area (Å²) in [5.74, 6) is -2.31. The van der Waals surface area contributed by atoms with E-state index in [-0.39, 0.29) is 17.6 Å². The predicted octanol–water partition coefficient (Wildman–Crippen LogP) is 3.76. The molecule has 0 aromatic heterocycles. The number of carbonyl (C=O) groups is 3. The van der Waals surface area contributed by atoms with E-state index in [1.165, 1.54) is 4.90 Å². The Bertz CT molecular complexity index is 1320. The summed E-state index contributed by atoms with van der Waals surface area (Å²) < 4.78 is 0. The third kappa shape index (κ3) is 2.80. The molecule has 0 spiro atoms. The standard InChI is InChI=1S/C27H21N3O3/c1-16-11-13-19(14-12-16)29-26(32)21-22(27(29)33)24(25(31)17-7-3-2-4-8-17)30-23(21)20-10-6-5-9-18(20)15-28-30/h2-15,21-24H,1H3/t21-,22+,23+,24+/m0/s1. The molecule has 162 valence electrons. The summed E-state index contributed by atoms with van der Waals surface area (Å²) in [5.41, 5.74) is 3.90. The summed E-state index contributed by atoms with van der Waals surface area (Å²) in [6.07, 6.45) is 1.71. The lowest BCUT2D eigenvalue weighted by molar-refractivity contribution is -0.124. The van der Waals surface area contributed by atoms with Gasteiger partial charge in [0, 0.05) is 5.56 Å². The monoisotopic (exact) mass is 435 g/mol. The molecule has 6 rings (SSSR count). The molecule has 2 saturated heterocycles. The van der Waals surface area contributed by atoms with Crippen molar-refractivity contribution in [2.75, 3.05) is 4.90 Å². The maximum Gasteiger partial charge on any atom is 0.240 e. The minimum Gasteiger partial charge on any atom is -0.292 e. The van der Waals surface area contributed by atoms with Crippen molar-refractivity contribution < 1.29 is 14.4 Å². The molecule has 4 atom stereocenters. The molecular weight excluding hydrogens is 414 g/mol. The normalized spacial score (nSPS) is 25.1. The Labute approximate surface area is 191 Å². The van der Waals surface area contributed by atoms with Gasteiger partial charge in [-0.15, -0.1) is 0 Å². The summed E-state index contributed by atoms with van der Waals surface area (Å²) in [6, 6.07) is 22.6. The Hall–Kier alpha value is -4.06. The summed E-state index contributed by atoms with van der Waals surface area (Å²) in [7, 11) is 0. The molecule has 3 aliphatic heterocycles. The molecule has 0 N–H and O–H groups in total. The number of nitrogens with zero attached hydrogens (tertiary/aromatic N) is 3. The highest BCUT2D eigenvalue weighted by Crippen LogP contribution is 2.53. The first-order chi connectivity index (χ1) is 16.1. The molecule has 6 nitrogen and oxygen atoms in total. The molecule has 0 saturated carbocycles. The fraction of sp³-hybridized carbons (Fsp3) is 0.185. The molecule has 3 heterocycles. The molecular formula is C27H21N3O3. The largest absolute Gasteiger partial charge is 0.292 e. The zero-order valence-electron chi connectivity index (χ0n) is 18.0. The average molecular weight is 435 g/mol. The summed E-state index contributed by atoms with van der Waals surface area (Å²) in [4.78, 5) is 42.5. The molecule has 33 heavy (non-hydrogen) atoms. The number of hydrogen-bond donors (Lipinski definition) is 0. The molecule has 0 aliphatic carbocycles. The predicted molar refractivity (Wildman–Crippen MR) is 124 cm³/mol. The van der Waals surface area contributed by atoms with E-state index in [4.69, 9.17) is 0 Å². The van der Waals surface area contributed by atoms with Gasteiger partial charge < -0.3 is 0 Å². The Morgan fingerprint density at radius 2 is 1.48 bits per heavy atom. The van der Waals surface area contributed by atoms with Gasteiger partial charge in [-0.1, -0.05) is 72.3 Å². The van der Waals surface area contributed by atoms with Gasteiger partial charge in [-0.2, -0.15) is 5.10 Å². The van der Waals surface area contributed by atoms with Crippen LogP contribution in [0.5, 0.6) is 0 Å². The van der Waals surface area contributed by atoms with Crippen molar-refractivity contribution in [3.8, 4) is 0 Å². The number of Topliss-reactive ketones (excluding diaryl/α,β-unsaturated/α-hetero) is 1. The van der Waals surface area contributed by atoms with Gasteiger partial charge >= 0.3 is 0 Å². The van der Waals surface area contributed by atoms with E-state index in [1.807, 2.05) is 49.4 Å². The van der Waals surface area contributed by atoms with Gasteiger partial charge in [0.2, 0.25) is 11.8 Å². The van der Waals surface area contributed by atoms with Gasteiger partial charge in [-0.25, -0.2) is 4.90 Å². The topological polar surface area (TPSA) is 70.1 Å². The third-order valence-corrected chi connectivity index (χ3v) is 6.91. The van der Waals surface area contributed by atoms with Crippen molar-refractivity contribution >= 4 is 29.5 Å². The number of hydrazone groups is 1. The number of amides is 2. The van der Waals surface area contributed by atoms with E-state index >= 15 is 0 Å². The lowest BCUT2D eigenvalue weighted by atomic mass is 9.83. The average Bonchev–Trinajstić information content (AvgIpc) is 3.32. The minimum absolute atomic E-state index is 0.198. The zero-order chi connectivity index (χ0) is 22.7. The van der Waals surface area contributed by atoms with Crippen LogP contribution in [0.2, 0.25) is 0 Å². The van der Waals surface area contributed by atoms with Gasteiger partial charge in [0.1, 0.15) is 6.04 Å². The van der Waals surface area contributed by atoms with E-state index in [0.29, 0.717) is 11.3 Å². The second-order valence-electron chi connectivity index (χ2n) is 8.77. The van der Waals surface area contributed by atoms with E-state index in [2.05, 4.69) is 5.10 Å². The third-order valence-electron chi connectivity index (χ3n) is 6.91. The lowest BCUT2D eigenvalue weighted by Crippen LogP contribution is -2.44. The first kappa shape index (κ1) is 19.6. The molecule has 0 radical (unpaired) electrons. The number of benzene rings is 3. The first-order valence-corrected chi connectivity index (χ1v) is 11.0. The molecule has 3 aliphatic rings. The fourth-order valence-electron chi connectivity index (χ4n) is 5.39. The van der Waals surface area contributed by atoms with Crippen LogP contribution in [-0.2, 0) is 9.59 Å². The Balaban J connectivity index is 1.50. The number of rotatable bonds is 3. The second kappa shape index (κ2) is 7.24. The Kier molecular flexibility index (Phi) is 4.30. The summed E-state index contributed by atoms with van der Waals surface area (Å²) in [5, 5.41) is 6.28. The van der Waals surface area contributed by atoms with Gasteiger partial charge in [-0.05, 0) is 30.2 Å². The fourth-order valence-corrected chi connectivity index (χ4v) is 5.39. The zero-order valence-corrected chi connectivity index (χ0v) is 18.0.